The van der Waals surface area contributed by atoms with E-state index < -0.39 is 66.7 Å². The number of halogens is 9. The summed E-state index contributed by atoms with van der Waals surface area (Å²) < 4.78 is 116. The first-order valence-corrected chi connectivity index (χ1v) is 7.02. The Labute approximate surface area is 131 Å². The molecule has 0 saturated heterocycles. The van der Waals surface area contributed by atoms with Crippen LogP contribution in [-0.4, -0.2) is 39.9 Å². The number of rotatable bonds is 2. The Balaban J connectivity index is 3.29. The summed E-state index contributed by atoms with van der Waals surface area (Å²) in [7, 11) is 0. The second-order valence-corrected chi connectivity index (χ2v) is 6.50. The number of alkyl halides is 9. The molecule has 2 nitrogen and oxygen atoms in total. The van der Waals surface area contributed by atoms with Crippen LogP contribution in [0.25, 0.3) is 0 Å². The molecule has 24 heavy (non-hydrogen) atoms. The van der Waals surface area contributed by atoms with Crippen LogP contribution in [0, 0.1) is 17.8 Å². The Bertz CT molecular complexity index is 436. The van der Waals surface area contributed by atoms with Gasteiger partial charge in [0, 0.05) is 5.92 Å². The van der Waals surface area contributed by atoms with Gasteiger partial charge in [0.1, 0.15) is 0 Å². The molecule has 11 heteroatoms. The molecule has 0 radical (unpaired) electrons. The van der Waals surface area contributed by atoms with Gasteiger partial charge in [-0.2, -0.15) is 39.5 Å². The molecule has 0 aromatic heterocycles. The van der Waals surface area contributed by atoms with Crippen LogP contribution in [-0.2, 0) is 0 Å². The summed E-state index contributed by atoms with van der Waals surface area (Å²) in [5, 5.41) is 19.0. The van der Waals surface area contributed by atoms with Crippen LogP contribution in [0.2, 0.25) is 0 Å². The van der Waals surface area contributed by atoms with Gasteiger partial charge in [0.2, 0.25) is 0 Å². The first kappa shape index (κ1) is 21.3. The van der Waals surface area contributed by atoms with E-state index in [0.29, 0.717) is 6.92 Å². The molecule has 2 N–H and O–H groups in total. The Morgan fingerprint density at radius 2 is 1.17 bits per heavy atom. The van der Waals surface area contributed by atoms with Crippen molar-refractivity contribution in [2.24, 2.45) is 17.8 Å². The number of aliphatic hydroxyl groups is 2. The Morgan fingerprint density at radius 1 is 0.750 bits per heavy atom. The van der Waals surface area contributed by atoms with Crippen molar-refractivity contribution in [3.05, 3.63) is 0 Å². The molecule has 0 amide bonds. The fraction of sp³-hybridized carbons (Fsp3) is 1.00. The van der Waals surface area contributed by atoms with Crippen molar-refractivity contribution in [1.82, 2.24) is 0 Å². The lowest BCUT2D eigenvalue weighted by Crippen LogP contribution is -2.64. The van der Waals surface area contributed by atoms with Crippen molar-refractivity contribution in [3.63, 3.8) is 0 Å². The van der Waals surface area contributed by atoms with Gasteiger partial charge in [-0.05, 0) is 38.0 Å². The molecule has 1 rings (SSSR count). The van der Waals surface area contributed by atoms with Gasteiger partial charge in [-0.1, -0.05) is 6.92 Å². The summed E-state index contributed by atoms with van der Waals surface area (Å²) in [5.74, 6) is -5.41. The minimum absolute atomic E-state index is 0.316. The average Bonchev–Trinajstić information content (AvgIpc) is 2.34. The number of hydrogen-bond acceptors (Lipinski definition) is 2. The predicted octanol–water partition coefficient (Wildman–Crippen LogP) is 4.21. The summed E-state index contributed by atoms with van der Waals surface area (Å²) >= 11 is 0. The fourth-order valence-electron chi connectivity index (χ4n) is 3.32. The summed E-state index contributed by atoms with van der Waals surface area (Å²) in [5.41, 5.74) is -8.59. The molecule has 1 aliphatic carbocycles. The van der Waals surface area contributed by atoms with Crippen molar-refractivity contribution in [3.8, 4) is 0 Å². The maximum atomic E-state index is 12.9. The molecule has 0 spiro atoms. The predicted molar refractivity (Wildman–Crippen MR) is 63.7 cm³/mol. The van der Waals surface area contributed by atoms with Crippen molar-refractivity contribution in [2.45, 2.75) is 62.8 Å². The monoisotopic (exact) mass is 376 g/mol. The van der Waals surface area contributed by atoms with Gasteiger partial charge in [0.15, 0.2) is 5.60 Å². The van der Waals surface area contributed by atoms with E-state index in [1.165, 1.54) is 6.92 Å². The van der Waals surface area contributed by atoms with Gasteiger partial charge in [0.25, 0.3) is 5.60 Å². The lowest BCUT2D eigenvalue weighted by atomic mass is 9.63. The van der Waals surface area contributed by atoms with E-state index in [1.54, 1.807) is 0 Å². The molecule has 1 aliphatic rings. The van der Waals surface area contributed by atoms with Crippen molar-refractivity contribution < 1.29 is 49.7 Å². The van der Waals surface area contributed by atoms with E-state index in [4.69, 9.17) is 0 Å². The van der Waals surface area contributed by atoms with Gasteiger partial charge in [-0.15, -0.1) is 0 Å². The number of hydrogen-bond donors (Lipinski definition) is 2. The van der Waals surface area contributed by atoms with E-state index in [2.05, 4.69) is 0 Å². The van der Waals surface area contributed by atoms with Gasteiger partial charge in [0.05, 0.1) is 0 Å². The van der Waals surface area contributed by atoms with Crippen LogP contribution >= 0.6 is 0 Å². The zero-order valence-electron chi connectivity index (χ0n) is 12.6. The third kappa shape index (κ3) is 3.33. The third-order valence-electron chi connectivity index (χ3n) is 4.95. The lowest BCUT2D eigenvalue weighted by molar-refractivity contribution is -0.390. The van der Waals surface area contributed by atoms with Gasteiger partial charge >= 0.3 is 18.5 Å². The topological polar surface area (TPSA) is 40.5 Å². The van der Waals surface area contributed by atoms with Crippen LogP contribution < -0.4 is 0 Å². The van der Waals surface area contributed by atoms with E-state index in [0.717, 1.165) is 0 Å². The Morgan fingerprint density at radius 3 is 1.50 bits per heavy atom. The van der Waals surface area contributed by atoms with Crippen LogP contribution in [0.5, 0.6) is 0 Å². The second kappa shape index (κ2) is 5.93. The normalized spacial score (nSPS) is 30.1. The highest BCUT2D eigenvalue weighted by Crippen LogP contribution is 2.55. The molecule has 1 saturated carbocycles. The molecule has 4 atom stereocenters. The minimum Gasteiger partial charge on any atom is -0.380 e. The molecule has 0 aromatic carbocycles. The summed E-state index contributed by atoms with van der Waals surface area (Å²) in [6.45, 7) is 1.53. The van der Waals surface area contributed by atoms with Crippen LogP contribution in [0.3, 0.4) is 0 Å². The Hall–Kier alpha value is -0.710. The molecule has 0 aliphatic heterocycles. The van der Waals surface area contributed by atoms with Crippen molar-refractivity contribution in [1.29, 1.82) is 0 Å². The van der Waals surface area contributed by atoms with Crippen LogP contribution in [0.15, 0.2) is 0 Å². The zero-order chi connectivity index (χ0) is 19.4. The second-order valence-electron chi connectivity index (χ2n) is 6.50. The zero-order valence-corrected chi connectivity index (χ0v) is 12.6. The largest absolute Gasteiger partial charge is 0.426 e. The first-order chi connectivity index (χ1) is 10.4. The molecule has 1 fully saturated rings. The van der Waals surface area contributed by atoms with Gasteiger partial charge in [-0.25, -0.2) is 0 Å². The standard InChI is InChI=1S/C13H17F9O2/c1-6-3-4-7(5-8(6)9(2,23)11(14,15)16)10(24,12(17,18)19)13(20,21)22/h6-8,23-24H,3-5H2,1-2H3. The highest BCUT2D eigenvalue weighted by molar-refractivity contribution is 5.04. The highest BCUT2D eigenvalue weighted by atomic mass is 19.4. The van der Waals surface area contributed by atoms with Crippen LogP contribution in [0.4, 0.5) is 39.5 Å². The molecule has 4 unspecified atom stereocenters. The molecule has 0 heterocycles. The maximum absolute atomic E-state index is 12.9. The molecule has 144 valence electrons. The Kier molecular flexibility index (Phi) is 5.27. The molecular weight excluding hydrogens is 359 g/mol. The fourth-order valence-corrected chi connectivity index (χ4v) is 3.32. The molecular formula is C13H17F9O2. The van der Waals surface area contributed by atoms with Crippen molar-refractivity contribution >= 4 is 0 Å². The minimum atomic E-state index is -6.11. The van der Waals surface area contributed by atoms with E-state index in [-0.39, 0.29) is 0 Å². The quantitative estimate of drug-likeness (QED) is 0.709. The lowest BCUT2D eigenvalue weighted by Gasteiger charge is -2.48. The SMILES string of the molecule is CC1CCC(C(O)(C(F)(F)F)C(F)(F)F)CC1C(C)(O)C(F)(F)F. The summed E-state index contributed by atoms with van der Waals surface area (Å²) in [6.07, 6.45) is -19.9. The molecule has 0 bridgehead atoms. The van der Waals surface area contributed by atoms with E-state index in [1.807, 2.05) is 0 Å². The average molecular weight is 376 g/mol. The summed E-state index contributed by atoms with van der Waals surface area (Å²) in [6, 6.07) is 0. The van der Waals surface area contributed by atoms with Crippen molar-refractivity contribution in [2.75, 3.05) is 0 Å². The highest BCUT2D eigenvalue weighted by Gasteiger charge is 2.74. The van der Waals surface area contributed by atoms with E-state index in [9.17, 15) is 49.7 Å². The van der Waals surface area contributed by atoms with E-state index >= 15 is 0 Å². The summed E-state index contributed by atoms with van der Waals surface area (Å²) in [4.78, 5) is 0. The first-order valence-electron chi connectivity index (χ1n) is 7.02. The smallest absolute Gasteiger partial charge is 0.380 e. The molecule has 0 aromatic rings. The van der Waals surface area contributed by atoms with Crippen LogP contribution in [0.1, 0.15) is 33.1 Å². The third-order valence-corrected chi connectivity index (χ3v) is 4.95. The maximum Gasteiger partial charge on any atom is 0.426 e. The van der Waals surface area contributed by atoms with Gasteiger partial charge < -0.3 is 10.2 Å². The van der Waals surface area contributed by atoms with Gasteiger partial charge in [-0.3, -0.25) is 0 Å².